The third-order valence-electron chi connectivity index (χ3n) is 5.49. The van der Waals surface area contributed by atoms with Gasteiger partial charge in [0, 0.05) is 18.7 Å². The highest BCUT2D eigenvalue weighted by atomic mass is 28.4. The SMILES string of the molecule is CCCC/C(=C\O[Si](C(C)C)(C(C)C)C(C)C)C(=O)N1CCOCC1. The van der Waals surface area contributed by atoms with E-state index in [2.05, 4.69) is 48.5 Å². The van der Waals surface area contributed by atoms with Crippen molar-refractivity contribution in [1.29, 1.82) is 0 Å². The quantitative estimate of drug-likeness (QED) is 0.322. The molecule has 0 radical (unpaired) electrons. The maximum atomic E-state index is 13.0. The summed E-state index contributed by atoms with van der Waals surface area (Å²) in [6.07, 6.45) is 4.74. The maximum Gasteiger partial charge on any atom is 0.257 e. The van der Waals surface area contributed by atoms with Gasteiger partial charge in [-0.1, -0.05) is 54.9 Å². The third-order valence-corrected chi connectivity index (χ3v) is 11.4. The molecule has 25 heavy (non-hydrogen) atoms. The molecule has 0 atom stereocenters. The highest BCUT2D eigenvalue weighted by Crippen LogP contribution is 2.42. The van der Waals surface area contributed by atoms with Crippen molar-refractivity contribution < 1.29 is 14.0 Å². The molecule has 1 rings (SSSR count). The van der Waals surface area contributed by atoms with Crippen LogP contribution in [0, 0.1) is 0 Å². The fourth-order valence-corrected chi connectivity index (χ4v) is 9.30. The smallest absolute Gasteiger partial charge is 0.257 e. The van der Waals surface area contributed by atoms with Crippen LogP contribution < -0.4 is 0 Å². The van der Waals surface area contributed by atoms with Crippen molar-refractivity contribution in [2.24, 2.45) is 0 Å². The van der Waals surface area contributed by atoms with E-state index >= 15 is 0 Å². The van der Waals surface area contributed by atoms with Crippen LogP contribution in [0.25, 0.3) is 0 Å². The van der Waals surface area contributed by atoms with Gasteiger partial charge in [-0.25, -0.2) is 0 Å². The molecular formula is C20H39NO3Si. The Kier molecular flexibility index (Phi) is 9.21. The summed E-state index contributed by atoms with van der Waals surface area (Å²) < 4.78 is 12.0. The van der Waals surface area contributed by atoms with Crippen molar-refractivity contribution in [3.63, 3.8) is 0 Å². The molecule has 1 aliphatic heterocycles. The summed E-state index contributed by atoms with van der Waals surface area (Å²) >= 11 is 0. The number of hydrogen-bond donors (Lipinski definition) is 0. The monoisotopic (exact) mass is 369 g/mol. The summed E-state index contributed by atoms with van der Waals surface area (Å²) in [7, 11) is -2.00. The first-order chi connectivity index (χ1) is 11.8. The van der Waals surface area contributed by atoms with E-state index in [1.807, 2.05) is 11.2 Å². The maximum absolute atomic E-state index is 13.0. The van der Waals surface area contributed by atoms with Crippen molar-refractivity contribution in [1.82, 2.24) is 4.90 Å². The fourth-order valence-electron chi connectivity index (χ4n) is 4.13. The van der Waals surface area contributed by atoms with Gasteiger partial charge in [0.25, 0.3) is 14.2 Å². The Morgan fingerprint density at radius 1 is 1.08 bits per heavy atom. The molecule has 4 nitrogen and oxygen atoms in total. The van der Waals surface area contributed by atoms with Gasteiger partial charge in [-0.05, 0) is 29.5 Å². The molecule has 0 aromatic carbocycles. The zero-order chi connectivity index (χ0) is 19.0. The van der Waals surface area contributed by atoms with E-state index in [1.54, 1.807) is 0 Å². The van der Waals surface area contributed by atoms with E-state index < -0.39 is 8.32 Å². The molecule has 0 bridgehead atoms. The summed E-state index contributed by atoms with van der Waals surface area (Å²) in [6.45, 7) is 18.4. The van der Waals surface area contributed by atoms with E-state index in [0.29, 0.717) is 42.9 Å². The standard InChI is InChI=1S/C20H39NO3Si/c1-8-9-10-19(20(22)21-11-13-23-14-12-21)15-24-25(16(2)3,17(4)5)18(6)7/h15-18H,8-14H2,1-7H3/b19-15+. The van der Waals surface area contributed by atoms with Crippen molar-refractivity contribution in [3.05, 3.63) is 11.8 Å². The molecule has 1 amide bonds. The van der Waals surface area contributed by atoms with Crippen LogP contribution in [0.3, 0.4) is 0 Å². The largest absolute Gasteiger partial charge is 0.548 e. The van der Waals surface area contributed by atoms with Crippen LogP contribution >= 0.6 is 0 Å². The van der Waals surface area contributed by atoms with Gasteiger partial charge in [-0.3, -0.25) is 4.79 Å². The Labute approximate surface area is 156 Å². The minimum Gasteiger partial charge on any atom is -0.548 e. The molecule has 0 unspecified atom stereocenters. The van der Waals surface area contributed by atoms with Gasteiger partial charge in [-0.2, -0.15) is 0 Å². The van der Waals surface area contributed by atoms with Gasteiger partial charge in [0.1, 0.15) is 0 Å². The summed E-state index contributed by atoms with van der Waals surface area (Å²) in [5.74, 6) is 0.135. The predicted octanol–water partition coefficient (Wildman–Crippen LogP) is 5.11. The fraction of sp³-hybridized carbons (Fsp3) is 0.850. The Morgan fingerprint density at radius 2 is 1.60 bits per heavy atom. The Morgan fingerprint density at radius 3 is 2.04 bits per heavy atom. The predicted molar refractivity (Wildman–Crippen MR) is 107 cm³/mol. The highest BCUT2D eigenvalue weighted by Gasteiger charge is 2.46. The number of amides is 1. The summed E-state index contributed by atoms with van der Waals surface area (Å²) in [4.78, 5) is 14.9. The second-order valence-corrected chi connectivity index (χ2v) is 13.5. The Balaban J connectivity index is 3.04. The van der Waals surface area contributed by atoms with Crippen molar-refractivity contribution in [3.8, 4) is 0 Å². The van der Waals surface area contributed by atoms with Crippen LogP contribution in [0.5, 0.6) is 0 Å². The van der Waals surface area contributed by atoms with E-state index in [4.69, 9.17) is 9.16 Å². The van der Waals surface area contributed by atoms with Crippen LogP contribution in [0.1, 0.15) is 67.7 Å². The lowest BCUT2D eigenvalue weighted by molar-refractivity contribution is -0.131. The molecule has 0 aliphatic carbocycles. The van der Waals surface area contributed by atoms with Gasteiger partial charge < -0.3 is 14.1 Å². The third kappa shape index (κ3) is 5.58. The molecule has 1 aliphatic rings. The molecule has 1 heterocycles. The van der Waals surface area contributed by atoms with E-state index in [1.165, 1.54) is 0 Å². The average Bonchev–Trinajstić information content (AvgIpc) is 2.57. The molecule has 0 N–H and O–H groups in total. The number of carbonyl (C=O) groups is 1. The normalized spacial score (nSPS) is 16.9. The molecule has 0 aromatic rings. The number of unbranched alkanes of at least 4 members (excludes halogenated alkanes) is 1. The van der Waals surface area contributed by atoms with Crippen LogP contribution in [-0.2, 0) is 14.0 Å². The Hall–Kier alpha value is -0.813. The number of rotatable bonds is 9. The second-order valence-electron chi connectivity index (χ2n) is 8.09. The van der Waals surface area contributed by atoms with Crippen LogP contribution in [-0.4, -0.2) is 45.4 Å². The molecule has 146 valence electrons. The van der Waals surface area contributed by atoms with Crippen LogP contribution in [0.4, 0.5) is 0 Å². The van der Waals surface area contributed by atoms with E-state index in [0.717, 1.165) is 24.8 Å². The van der Waals surface area contributed by atoms with Crippen molar-refractivity contribution >= 4 is 14.2 Å². The lowest BCUT2D eigenvalue weighted by atomic mass is 10.1. The summed E-state index contributed by atoms with van der Waals surface area (Å²) in [5.41, 5.74) is 2.36. The highest BCUT2D eigenvalue weighted by molar-refractivity contribution is 6.77. The summed E-state index contributed by atoms with van der Waals surface area (Å²) in [5, 5.41) is 0. The minimum atomic E-state index is -2.00. The second kappa shape index (κ2) is 10.4. The lowest BCUT2D eigenvalue weighted by Crippen LogP contribution is -2.47. The first kappa shape index (κ1) is 22.2. The number of ether oxygens (including phenoxy) is 1. The first-order valence-electron chi connectivity index (χ1n) is 10.0. The molecular weight excluding hydrogens is 330 g/mol. The number of hydrogen-bond acceptors (Lipinski definition) is 3. The van der Waals surface area contributed by atoms with Gasteiger partial charge >= 0.3 is 0 Å². The molecule has 1 fully saturated rings. The number of nitrogens with zero attached hydrogens (tertiary/aromatic N) is 1. The molecule has 0 aromatic heterocycles. The Bertz CT molecular complexity index is 418. The van der Waals surface area contributed by atoms with Crippen molar-refractivity contribution in [2.75, 3.05) is 26.3 Å². The van der Waals surface area contributed by atoms with Crippen LogP contribution in [0.2, 0.25) is 16.6 Å². The molecule has 5 heteroatoms. The minimum absolute atomic E-state index is 0.135. The van der Waals surface area contributed by atoms with Gasteiger partial charge in [0.15, 0.2) is 0 Å². The summed E-state index contributed by atoms with van der Waals surface area (Å²) in [6, 6.07) is 0. The zero-order valence-corrected chi connectivity index (χ0v) is 18.4. The number of carbonyl (C=O) groups excluding carboxylic acids is 1. The first-order valence-corrected chi connectivity index (χ1v) is 12.1. The molecule has 0 spiro atoms. The zero-order valence-electron chi connectivity index (χ0n) is 17.4. The number of morpholine rings is 1. The van der Waals surface area contributed by atoms with Crippen LogP contribution in [0.15, 0.2) is 11.8 Å². The van der Waals surface area contributed by atoms with E-state index in [9.17, 15) is 4.79 Å². The van der Waals surface area contributed by atoms with Gasteiger partial charge in [-0.15, -0.1) is 0 Å². The molecule has 1 saturated heterocycles. The topological polar surface area (TPSA) is 38.8 Å². The van der Waals surface area contributed by atoms with E-state index in [-0.39, 0.29) is 5.91 Å². The van der Waals surface area contributed by atoms with Gasteiger partial charge in [0.2, 0.25) is 0 Å². The van der Waals surface area contributed by atoms with Crippen molar-refractivity contribution in [2.45, 2.75) is 84.4 Å². The average molecular weight is 370 g/mol. The lowest BCUT2D eigenvalue weighted by Gasteiger charge is -2.41. The molecule has 0 saturated carbocycles. The van der Waals surface area contributed by atoms with Gasteiger partial charge in [0.05, 0.1) is 19.5 Å².